The number of hydrogen-bond acceptors (Lipinski definition) is 4. The summed E-state index contributed by atoms with van der Waals surface area (Å²) >= 11 is 0. The summed E-state index contributed by atoms with van der Waals surface area (Å²) in [5.41, 5.74) is 1.00. The number of carbonyl (C=O) groups is 3. The van der Waals surface area contributed by atoms with Gasteiger partial charge in [0.05, 0.1) is 6.61 Å². The van der Waals surface area contributed by atoms with Crippen LogP contribution in [0.5, 0.6) is 0 Å². The first-order valence-electron chi connectivity index (χ1n) is 6.54. The molecule has 0 aliphatic heterocycles. The van der Waals surface area contributed by atoms with Gasteiger partial charge in [-0.3, -0.25) is 9.59 Å². The number of hydrogen-bond donors (Lipinski definition) is 1. The summed E-state index contributed by atoms with van der Waals surface area (Å²) in [5.74, 6) is -1.46. The van der Waals surface area contributed by atoms with Crippen LogP contribution in [-0.2, 0) is 25.5 Å². The van der Waals surface area contributed by atoms with Crippen molar-refractivity contribution in [1.82, 2.24) is 5.32 Å². The Morgan fingerprint density at radius 2 is 1.95 bits per heavy atom. The maximum Gasteiger partial charge on any atom is 0.336 e. The number of nitrogens with one attached hydrogen (secondary N) is 1. The number of Topliss-reactive ketones (excluding diaryl/α,β-unsaturated/α-hetero) is 1. The molecule has 0 spiro atoms. The fourth-order valence-electron chi connectivity index (χ4n) is 1.91. The van der Waals surface area contributed by atoms with Crippen molar-refractivity contribution in [2.24, 2.45) is 5.92 Å². The van der Waals surface area contributed by atoms with Crippen molar-refractivity contribution in [2.45, 2.75) is 26.3 Å². The molecule has 2 atom stereocenters. The Kier molecular flexibility index (Phi) is 6.43. The van der Waals surface area contributed by atoms with Crippen LogP contribution in [0.3, 0.4) is 0 Å². The van der Waals surface area contributed by atoms with Crippen molar-refractivity contribution in [3.63, 3.8) is 0 Å². The van der Waals surface area contributed by atoms with Crippen molar-refractivity contribution >= 4 is 18.2 Å². The predicted molar refractivity (Wildman–Crippen MR) is 73.9 cm³/mol. The molecule has 0 aliphatic carbocycles. The Bertz CT molecular complexity index is 458. The molecule has 108 valence electrons. The van der Waals surface area contributed by atoms with Crippen LogP contribution in [0.15, 0.2) is 30.3 Å². The molecule has 1 aromatic rings. The Labute approximate surface area is 118 Å². The summed E-state index contributed by atoms with van der Waals surface area (Å²) in [5, 5.41) is 2.23. The standard InChI is InChI=1S/C15H19NO4/c1-3-20-15(19)13(16-10-17)14(18)11(2)9-12-7-5-4-6-8-12/h4-8,10-11,13H,3,9H2,1-2H3,(H,16,17). The van der Waals surface area contributed by atoms with Crippen molar-refractivity contribution in [3.8, 4) is 0 Å². The average molecular weight is 277 g/mol. The van der Waals surface area contributed by atoms with Crippen molar-refractivity contribution in [2.75, 3.05) is 6.61 Å². The highest BCUT2D eigenvalue weighted by Gasteiger charge is 2.30. The van der Waals surface area contributed by atoms with Crippen LogP contribution < -0.4 is 5.32 Å². The van der Waals surface area contributed by atoms with Crippen LogP contribution in [-0.4, -0.2) is 30.8 Å². The minimum Gasteiger partial charge on any atom is -0.464 e. The highest BCUT2D eigenvalue weighted by atomic mass is 16.5. The van der Waals surface area contributed by atoms with E-state index in [4.69, 9.17) is 4.74 Å². The molecule has 0 fully saturated rings. The Balaban J connectivity index is 2.73. The quantitative estimate of drug-likeness (QED) is 0.439. The number of carbonyl (C=O) groups excluding carboxylic acids is 3. The SMILES string of the molecule is CCOC(=O)C(NC=O)C(=O)C(C)Cc1ccccc1. The van der Waals surface area contributed by atoms with Crippen LogP contribution in [0.1, 0.15) is 19.4 Å². The van der Waals surface area contributed by atoms with Crippen molar-refractivity contribution in [1.29, 1.82) is 0 Å². The highest BCUT2D eigenvalue weighted by molar-refractivity contribution is 6.05. The van der Waals surface area contributed by atoms with Gasteiger partial charge in [-0.25, -0.2) is 4.79 Å². The number of ether oxygens (including phenoxy) is 1. The summed E-state index contributed by atoms with van der Waals surface area (Å²) < 4.78 is 4.80. The van der Waals surface area contributed by atoms with Crippen LogP contribution in [0.4, 0.5) is 0 Å². The van der Waals surface area contributed by atoms with Crippen molar-refractivity contribution < 1.29 is 19.1 Å². The van der Waals surface area contributed by atoms with Gasteiger partial charge in [-0.2, -0.15) is 0 Å². The third-order valence-corrected chi connectivity index (χ3v) is 2.91. The minimum absolute atomic E-state index is 0.163. The first kappa shape index (κ1) is 15.9. The topological polar surface area (TPSA) is 72.5 Å². The fraction of sp³-hybridized carbons (Fsp3) is 0.400. The number of amides is 1. The van der Waals surface area contributed by atoms with Gasteiger partial charge in [-0.1, -0.05) is 37.3 Å². The average Bonchev–Trinajstić information content (AvgIpc) is 2.45. The number of esters is 1. The Morgan fingerprint density at radius 1 is 1.30 bits per heavy atom. The molecular formula is C15H19NO4. The Morgan fingerprint density at radius 3 is 2.50 bits per heavy atom. The molecule has 0 aromatic heterocycles. The van der Waals surface area contributed by atoms with Crippen LogP contribution >= 0.6 is 0 Å². The van der Waals surface area contributed by atoms with Crippen molar-refractivity contribution in [3.05, 3.63) is 35.9 Å². The van der Waals surface area contributed by atoms with E-state index in [2.05, 4.69) is 5.32 Å². The molecule has 5 heteroatoms. The van der Waals surface area contributed by atoms with Gasteiger partial charge in [-0.05, 0) is 18.9 Å². The largest absolute Gasteiger partial charge is 0.464 e. The molecular weight excluding hydrogens is 258 g/mol. The molecule has 0 saturated heterocycles. The van der Waals surface area contributed by atoms with E-state index in [-0.39, 0.29) is 18.3 Å². The normalized spacial score (nSPS) is 13.1. The van der Waals surface area contributed by atoms with Crippen LogP contribution in [0.25, 0.3) is 0 Å². The first-order valence-corrected chi connectivity index (χ1v) is 6.54. The lowest BCUT2D eigenvalue weighted by Crippen LogP contribution is -2.46. The van der Waals surface area contributed by atoms with Crippen LogP contribution in [0, 0.1) is 5.92 Å². The number of ketones is 1. The van der Waals surface area contributed by atoms with Gasteiger partial charge < -0.3 is 10.1 Å². The molecule has 1 amide bonds. The van der Waals surface area contributed by atoms with E-state index in [9.17, 15) is 14.4 Å². The zero-order chi connectivity index (χ0) is 15.0. The van der Waals surface area contributed by atoms with Crippen LogP contribution in [0.2, 0.25) is 0 Å². The molecule has 0 bridgehead atoms. The third-order valence-electron chi connectivity index (χ3n) is 2.91. The molecule has 0 saturated carbocycles. The second-order valence-corrected chi connectivity index (χ2v) is 4.46. The third kappa shape index (κ3) is 4.50. The molecule has 5 nitrogen and oxygen atoms in total. The zero-order valence-electron chi connectivity index (χ0n) is 11.7. The highest BCUT2D eigenvalue weighted by Crippen LogP contribution is 2.11. The van der Waals surface area contributed by atoms with E-state index in [1.165, 1.54) is 0 Å². The summed E-state index contributed by atoms with van der Waals surface area (Å²) in [6, 6.07) is 8.27. The van der Waals surface area contributed by atoms with Gasteiger partial charge >= 0.3 is 5.97 Å². The summed E-state index contributed by atoms with van der Waals surface area (Å²) in [6.45, 7) is 3.54. The number of rotatable bonds is 8. The number of benzene rings is 1. The molecule has 1 N–H and O–H groups in total. The predicted octanol–water partition coefficient (Wildman–Crippen LogP) is 1.11. The lowest BCUT2D eigenvalue weighted by Gasteiger charge is -2.18. The molecule has 0 aliphatic rings. The van der Waals surface area contributed by atoms with Gasteiger partial charge in [0.25, 0.3) is 0 Å². The lowest BCUT2D eigenvalue weighted by atomic mass is 9.93. The van der Waals surface area contributed by atoms with Gasteiger partial charge in [0, 0.05) is 5.92 Å². The monoisotopic (exact) mass is 277 g/mol. The summed E-state index contributed by atoms with van der Waals surface area (Å²) in [7, 11) is 0. The maximum atomic E-state index is 12.2. The first-order chi connectivity index (χ1) is 9.60. The molecule has 1 aromatic carbocycles. The zero-order valence-corrected chi connectivity index (χ0v) is 11.7. The summed E-state index contributed by atoms with van der Waals surface area (Å²) in [6.07, 6.45) is 0.852. The lowest BCUT2D eigenvalue weighted by molar-refractivity contribution is -0.150. The van der Waals surface area contributed by atoms with Gasteiger partial charge in [-0.15, -0.1) is 0 Å². The molecule has 20 heavy (non-hydrogen) atoms. The second-order valence-electron chi connectivity index (χ2n) is 4.46. The van der Waals surface area contributed by atoms with E-state index in [1.54, 1.807) is 13.8 Å². The maximum absolute atomic E-state index is 12.2. The molecule has 0 heterocycles. The van der Waals surface area contributed by atoms with E-state index < -0.39 is 12.0 Å². The molecule has 2 unspecified atom stereocenters. The van der Waals surface area contributed by atoms with Gasteiger partial charge in [0.1, 0.15) is 0 Å². The smallest absolute Gasteiger partial charge is 0.336 e. The Hall–Kier alpha value is -2.17. The molecule has 1 rings (SSSR count). The van der Waals surface area contributed by atoms with Gasteiger partial charge in [0.2, 0.25) is 6.41 Å². The van der Waals surface area contributed by atoms with E-state index in [0.717, 1.165) is 5.56 Å². The van der Waals surface area contributed by atoms with Gasteiger partial charge in [0.15, 0.2) is 11.8 Å². The second kappa shape index (κ2) is 8.09. The molecule has 0 radical (unpaired) electrons. The van der Waals surface area contributed by atoms with E-state index in [0.29, 0.717) is 12.8 Å². The fourth-order valence-corrected chi connectivity index (χ4v) is 1.91. The summed E-state index contributed by atoms with van der Waals surface area (Å²) in [4.78, 5) is 34.4. The minimum atomic E-state index is -1.23. The van der Waals surface area contributed by atoms with E-state index in [1.807, 2.05) is 30.3 Å². The van der Waals surface area contributed by atoms with E-state index >= 15 is 0 Å².